The zero-order chi connectivity index (χ0) is 49.2. The number of benzene rings is 1. The summed E-state index contributed by atoms with van der Waals surface area (Å²) in [5.74, 6) is -3.63. The Morgan fingerprint density at radius 1 is 0.955 bits per heavy atom. The summed E-state index contributed by atoms with van der Waals surface area (Å²) in [4.78, 5) is 107. The molecule has 0 aliphatic carbocycles. The Morgan fingerprint density at radius 2 is 1.66 bits per heavy atom. The van der Waals surface area contributed by atoms with Crippen LogP contribution in [0.5, 0.6) is 0 Å². The van der Waals surface area contributed by atoms with Crippen molar-refractivity contribution in [2.45, 2.75) is 132 Å². The lowest BCUT2D eigenvalue weighted by Crippen LogP contribution is -2.67. The van der Waals surface area contributed by atoms with Gasteiger partial charge in [-0.1, -0.05) is 68.8 Å². The van der Waals surface area contributed by atoms with Crippen LogP contribution in [-0.4, -0.2) is 147 Å². The van der Waals surface area contributed by atoms with E-state index < -0.39 is 91.0 Å². The van der Waals surface area contributed by atoms with E-state index in [4.69, 9.17) is 9.47 Å². The molecule has 10 N–H and O–H groups in total. The van der Waals surface area contributed by atoms with Crippen LogP contribution in [0.3, 0.4) is 0 Å². The predicted molar refractivity (Wildman–Crippen MR) is 249 cm³/mol. The van der Waals surface area contributed by atoms with E-state index in [1.54, 1.807) is 38.1 Å². The predicted octanol–water partition coefficient (Wildman–Crippen LogP) is 0.737. The van der Waals surface area contributed by atoms with Crippen LogP contribution < -0.4 is 31.9 Å². The molecule has 24 heteroatoms. The maximum Gasteiger partial charge on any atom is 0.408 e. The van der Waals surface area contributed by atoms with Gasteiger partial charge in [0.2, 0.25) is 35.4 Å². The summed E-state index contributed by atoms with van der Waals surface area (Å²) < 4.78 is 10.7. The quantitative estimate of drug-likeness (QED) is 0.0400. The van der Waals surface area contributed by atoms with E-state index in [1.807, 2.05) is 13.8 Å². The second-order valence-corrected chi connectivity index (χ2v) is 19.1. The number of nitrogens with zero attached hydrogens (tertiary/aromatic N) is 4. The van der Waals surface area contributed by atoms with E-state index in [0.717, 1.165) is 24.2 Å². The van der Waals surface area contributed by atoms with E-state index in [2.05, 4.69) is 74.4 Å². The SMILES string of the molecule is CCCC(I)(CC)C1CC(=O)N(CCC(=O)N[C@H](C(=O)N[C@@H](C)C(=O)Nc2ccc(COC(=O)N[C@H](C)C(=O)N[C@@H]3[C@@H](O)[C@H](O)[C@@H](Nc4ncnc5nc[nH]c45)O[C@H]3CO)cc2)C(C)C)C1=O. The molecule has 0 saturated carbocycles. The van der Waals surface area contributed by atoms with Crippen molar-refractivity contribution >= 4 is 86.8 Å². The number of imidazole rings is 1. The molecule has 23 nitrogen and oxygen atoms in total. The second kappa shape index (κ2) is 23.4. The van der Waals surface area contributed by atoms with Gasteiger partial charge in [0.1, 0.15) is 54.9 Å². The number of aliphatic hydroxyl groups excluding tert-OH is 3. The summed E-state index contributed by atoms with van der Waals surface area (Å²) >= 11 is 2.29. The highest BCUT2D eigenvalue weighted by Gasteiger charge is 2.49. The van der Waals surface area contributed by atoms with Gasteiger partial charge in [0.25, 0.3) is 0 Å². The van der Waals surface area contributed by atoms with Gasteiger partial charge in [0, 0.05) is 28.5 Å². The van der Waals surface area contributed by atoms with Crippen molar-refractivity contribution in [3.8, 4) is 0 Å². The average molecular weight is 1050 g/mol. The van der Waals surface area contributed by atoms with Crippen LogP contribution in [0.15, 0.2) is 36.9 Å². The fraction of sp³-hybridized carbons (Fsp3) is 0.581. The molecule has 7 amide bonds. The van der Waals surface area contributed by atoms with Gasteiger partial charge in [-0.25, -0.2) is 19.7 Å². The molecule has 2 fully saturated rings. The van der Waals surface area contributed by atoms with Gasteiger partial charge < -0.3 is 61.7 Å². The smallest absolute Gasteiger partial charge is 0.408 e. The number of carbonyl (C=O) groups is 7. The Bertz CT molecular complexity index is 2250. The number of halogens is 1. The summed E-state index contributed by atoms with van der Waals surface area (Å²) in [5, 5.41) is 47.5. The molecule has 2 saturated heterocycles. The van der Waals surface area contributed by atoms with E-state index >= 15 is 0 Å². The van der Waals surface area contributed by atoms with Crippen LogP contribution in [0.4, 0.5) is 16.3 Å². The van der Waals surface area contributed by atoms with Gasteiger partial charge in [-0.3, -0.25) is 33.7 Å². The van der Waals surface area contributed by atoms with Crippen LogP contribution in [-0.2, 0) is 44.8 Å². The zero-order valence-electron chi connectivity index (χ0n) is 38.1. The van der Waals surface area contributed by atoms with Crippen LogP contribution in [0.2, 0.25) is 0 Å². The summed E-state index contributed by atoms with van der Waals surface area (Å²) in [6.07, 6.45) is -1.62. The number of likely N-dealkylation sites (tertiary alicyclic amines) is 1. The number of fused-ring (bicyclic) bond motifs is 1. The molecule has 366 valence electrons. The van der Waals surface area contributed by atoms with Crippen molar-refractivity contribution in [1.29, 1.82) is 0 Å². The van der Waals surface area contributed by atoms with Gasteiger partial charge >= 0.3 is 6.09 Å². The molecule has 2 unspecified atom stereocenters. The third kappa shape index (κ3) is 13.1. The average Bonchev–Trinajstić information content (AvgIpc) is 3.90. The fourth-order valence-electron chi connectivity index (χ4n) is 7.78. The third-order valence-corrected chi connectivity index (χ3v) is 13.8. The lowest BCUT2D eigenvalue weighted by Gasteiger charge is -2.43. The van der Waals surface area contributed by atoms with E-state index in [0.29, 0.717) is 22.4 Å². The monoisotopic (exact) mass is 1050 g/mol. The molecule has 4 heterocycles. The molecule has 0 bridgehead atoms. The van der Waals surface area contributed by atoms with Crippen molar-refractivity contribution < 1.29 is 58.4 Å². The largest absolute Gasteiger partial charge is 0.445 e. The van der Waals surface area contributed by atoms with E-state index in [1.165, 1.54) is 26.5 Å². The number of H-pyrrole nitrogens is 1. The number of nitrogens with one attached hydrogen (secondary N) is 7. The number of carbonyl (C=O) groups excluding carboxylic acids is 7. The van der Waals surface area contributed by atoms with Crippen LogP contribution >= 0.6 is 22.6 Å². The molecule has 2 aliphatic heterocycles. The molecule has 10 atom stereocenters. The Hall–Kier alpha value is -5.57. The summed E-state index contributed by atoms with van der Waals surface area (Å²) in [6.45, 7) is 9.37. The lowest BCUT2D eigenvalue weighted by molar-refractivity contribution is -0.185. The highest BCUT2D eigenvalue weighted by Crippen LogP contribution is 2.42. The minimum atomic E-state index is -1.61. The van der Waals surface area contributed by atoms with Crippen LogP contribution in [0.25, 0.3) is 11.2 Å². The van der Waals surface area contributed by atoms with Crippen molar-refractivity contribution in [3.63, 3.8) is 0 Å². The van der Waals surface area contributed by atoms with Crippen molar-refractivity contribution in [1.82, 2.24) is 46.1 Å². The number of ether oxygens (including phenoxy) is 2. The minimum Gasteiger partial charge on any atom is -0.445 e. The Balaban J connectivity index is 1.03. The summed E-state index contributed by atoms with van der Waals surface area (Å²) in [7, 11) is 0. The molecular weight excluding hydrogens is 989 g/mol. The Kier molecular flexibility index (Phi) is 18.3. The number of alkyl halides is 1. The Labute approximate surface area is 400 Å². The maximum atomic E-state index is 13.3. The third-order valence-electron chi connectivity index (χ3n) is 11.8. The summed E-state index contributed by atoms with van der Waals surface area (Å²) in [6, 6.07) is 1.79. The first-order valence-electron chi connectivity index (χ1n) is 22.1. The minimum absolute atomic E-state index is 0.0995. The molecule has 5 rings (SSSR count). The number of aromatic amines is 1. The number of imide groups is 1. The zero-order valence-corrected chi connectivity index (χ0v) is 40.2. The van der Waals surface area contributed by atoms with Crippen LogP contribution in [0.1, 0.15) is 79.2 Å². The number of anilines is 2. The van der Waals surface area contributed by atoms with E-state index in [-0.39, 0.29) is 53.0 Å². The number of hydrogen-bond donors (Lipinski definition) is 10. The van der Waals surface area contributed by atoms with Crippen molar-refractivity contribution in [2.75, 3.05) is 23.8 Å². The second-order valence-electron chi connectivity index (χ2n) is 16.9. The number of rotatable bonds is 21. The van der Waals surface area contributed by atoms with Gasteiger partial charge in [-0.05, 0) is 50.3 Å². The molecule has 2 aliphatic rings. The maximum absolute atomic E-state index is 13.3. The van der Waals surface area contributed by atoms with E-state index in [9.17, 15) is 48.9 Å². The van der Waals surface area contributed by atoms with Gasteiger partial charge in [-0.15, -0.1) is 0 Å². The summed E-state index contributed by atoms with van der Waals surface area (Å²) in [5.41, 5.74) is 1.64. The number of aliphatic hydroxyl groups is 3. The first kappa shape index (κ1) is 52.4. The number of alkyl carbamates (subject to hydrolysis) is 1. The molecule has 0 radical (unpaired) electrons. The number of hydrogen-bond acceptors (Lipinski definition) is 16. The van der Waals surface area contributed by atoms with Gasteiger partial charge in [0.15, 0.2) is 17.7 Å². The highest BCUT2D eigenvalue weighted by atomic mass is 127. The number of aromatic nitrogens is 4. The highest BCUT2D eigenvalue weighted by molar-refractivity contribution is 14.1. The Morgan fingerprint density at radius 3 is 2.31 bits per heavy atom. The molecule has 67 heavy (non-hydrogen) atoms. The first-order valence-corrected chi connectivity index (χ1v) is 23.2. The molecule has 3 aromatic rings. The normalized spacial score (nSPS) is 22.9. The van der Waals surface area contributed by atoms with Crippen molar-refractivity contribution in [2.24, 2.45) is 11.8 Å². The fourth-order valence-corrected chi connectivity index (χ4v) is 8.81. The number of amides is 7. The topological polar surface area (TPSA) is 329 Å². The molecular formula is C43H60IN11O12. The molecule has 0 spiro atoms. The van der Waals surface area contributed by atoms with Crippen molar-refractivity contribution in [3.05, 3.63) is 42.5 Å². The lowest BCUT2D eigenvalue weighted by atomic mass is 9.85. The first-order chi connectivity index (χ1) is 31.8. The van der Waals surface area contributed by atoms with Crippen LogP contribution in [0, 0.1) is 11.8 Å². The van der Waals surface area contributed by atoms with Gasteiger partial charge in [0.05, 0.1) is 24.9 Å². The molecule has 2 aromatic heterocycles. The van der Waals surface area contributed by atoms with Gasteiger partial charge in [-0.2, -0.15) is 0 Å². The molecule has 1 aromatic carbocycles. The standard InChI is InChI=1S/C43H60IN11O12/c1-7-14-43(44,8-2)26-16-29(58)55(41(26)64)15-13-28(57)52-30(21(3)4)39(63)49-22(5)37(61)51-25-11-9-24(10-12-25)18-66-42(65)50-23(6)38(62)53-31-27(17-56)67-40(34(60)33(31)59)54-36-32-35(46-19-45-32)47-20-48-36/h9-12,19-23,26-27,30-31,33-34,40,56,59-60H,7-8,13-18H2,1-6H3,(H,49,63)(H,50,65)(H,51,61)(H,52,57)(H,53,62)(H2,45,46,47,48,54)/t22-,23+,26?,27-,30-,31-,33+,34-,40-,43?/m0/s1.